The van der Waals surface area contributed by atoms with E-state index in [0.29, 0.717) is 17.4 Å². The summed E-state index contributed by atoms with van der Waals surface area (Å²) in [6, 6.07) is 17.0. The van der Waals surface area contributed by atoms with E-state index in [4.69, 9.17) is 10.00 Å². The summed E-state index contributed by atoms with van der Waals surface area (Å²) in [5.41, 5.74) is 2.28. The molecule has 1 aliphatic carbocycles. The first kappa shape index (κ1) is 17.8. The third-order valence-corrected chi connectivity index (χ3v) is 4.52. The van der Waals surface area contributed by atoms with Crippen molar-refractivity contribution >= 4 is 17.3 Å². The predicted molar refractivity (Wildman–Crippen MR) is 102 cm³/mol. The Morgan fingerprint density at radius 2 is 1.73 bits per heavy atom. The van der Waals surface area contributed by atoms with Crippen LogP contribution in [0.15, 0.2) is 48.5 Å². The molecule has 0 saturated heterocycles. The molecule has 5 nitrogen and oxygen atoms in total. The molecule has 0 bridgehead atoms. The molecule has 1 fully saturated rings. The highest BCUT2D eigenvalue weighted by Crippen LogP contribution is 2.26. The Morgan fingerprint density at radius 3 is 2.42 bits per heavy atom. The standard InChI is InChI=1S/C21H23N3O2/c22-14-16-10-12-18(13-11-16)26-15-21(25)24-20-9-5-4-8-19(20)23-17-6-2-1-3-7-17/h4-5,8-13,17,23H,1-3,6-7,15H2,(H,24,25). The van der Waals surface area contributed by atoms with Gasteiger partial charge in [0, 0.05) is 6.04 Å². The molecule has 2 aromatic carbocycles. The van der Waals surface area contributed by atoms with E-state index in [1.165, 1.54) is 32.1 Å². The van der Waals surface area contributed by atoms with Gasteiger partial charge < -0.3 is 15.4 Å². The fourth-order valence-electron chi connectivity index (χ4n) is 3.15. The molecule has 3 rings (SSSR count). The van der Waals surface area contributed by atoms with Crippen molar-refractivity contribution in [1.82, 2.24) is 0 Å². The maximum atomic E-state index is 12.2. The number of carbonyl (C=O) groups excluding carboxylic acids is 1. The lowest BCUT2D eigenvalue weighted by Crippen LogP contribution is -2.24. The molecule has 1 aliphatic rings. The minimum absolute atomic E-state index is 0.0797. The van der Waals surface area contributed by atoms with Gasteiger partial charge in [-0.1, -0.05) is 31.4 Å². The highest BCUT2D eigenvalue weighted by Gasteiger charge is 2.15. The first-order chi connectivity index (χ1) is 12.7. The van der Waals surface area contributed by atoms with Crippen molar-refractivity contribution < 1.29 is 9.53 Å². The number of rotatable bonds is 6. The van der Waals surface area contributed by atoms with Gasteiger partial charge in [0.2, 0.25) is 0 Å². The summed E-state index contributed by atoms with van der Waals surface area (Å²) in [6.07, 6.45) is 6.16. The zero-order valence-electron chi connectivity index (χ0n) is 14.7. The average Bonchev–Trinajstić information content (AvgIpc) is 2.69. The van der Waals surface area contributed by atoms with E-state index in [2.05, 4.69) is 10.6 Å². The van der Waals surface area contributed by atoms with Crippen LogP contribution in [0.4, 0.5) is 11.4 Å². The van der Waals surface area contributed by atoms with E-state index in [9.17, 15) is 4.79 Å². The number of nitrogens with one attached hydrogen (secondary N) is 2. The number of nitrogens with zero attached hydrogens (tertiary/aromatic N) is 1. The van der Waals surface area contributed by atoms with E-state index >= 15 is 0 Å². The lowest BCUT2D eigenvalue weighted by Gasteiger charge is -2.25. The third-order valence-electron chi connectivity index (χ3n) is 4.52. The van der Waals surface area contributed by atoms with Gasteiger partial charge in [-0.3, -0.25) is 4.79 Å². The van der Waals surface area contributed by atoms with Crippen LogP contribution in [0, 0.1) is 11.3 Å². The summed E-state index contributed by atoms with van der Waals surface area (Å²) < 4.78 is 5.49. The first-order valence-corrected chi connectivity index (χ1v) is 9.03. The zero-order chi connectivity index (χ0) is 18.2. The van der Waals surface area contributed by atoms with Gasteiger partial charge >= 0.3 is 0 Å². The van der Waals surface area contributed by atoms with Crippen LogP contribution in [-0.4, -0.2) is 18.6 Å². The first-order valence-electron chi connectivity index (χ1n) is 9.03. The maximum Gasteiger partial charge on any atom is 0.262 e. The SMILES string of the molecule is N#Cc1ccc(OCC(=O)Nc2ccccc2NC2CCCCC2)cc1. The molecule has 1 saturated carbocycles. The molecule has 0 unspecified atom stereocenters. The fourth-order valence-corrected chi connectivity index (χ4v) is 3.15. The molecule has 5 heteroatoms. The number of benzene rings is 2. The molecule has 2 aromatic rings. The Balaban J connectivity index is 1.55. The van der Waals surface area contributed by atoms with Crippen LogP contribution in [0.25, 0.3) is 0 Å². The summed E-state index contributed by atoms with van der Waals surface area (Å²) in [5, 5.41) is 15.3. The normalized spacial score (nSPS) is 14.3. The lowest BCUT2D eigenvalue weighted by atomic mass is 9.95. The van der Waals surface area contributed by atoms with Crippen molar-refractivity contribution in [3.8, 4) is 11.8 Å². The van der Waals surface area contributed by atoms with Crippen LogP contribution in [0.1, 0.15) is 37.7 Å². The Morgan fingerprint density at radius 1 is 1.04 bits per heavy atom. The molecule has 0 heterocycles. The van der Waals surface area contributed by atoms with Crippen molar-refractivity contribution in [2.75, 3.05) is 17.2 Å². The minimum Gasteiger partial charge on any atom is -0.484 e. The summed E-state index contributed by atoms with van der Waals surface area (Å²) in [7, 11) is 0. The highest BCUT2D eigenvalue weighted by molar-refractivity contribution is 5.95. The molecule has 0 spiro atoms. The number of nitriles is 1. The Kier molecular flexibility index (Phi) is 6.10. The monoisotopic (exact) mass is 349 g/mol. The van der Waals surface area contributed by atoms with E-state index in [-0.39, 0.29) is 12.5 Å². The van der Waals surface area contributed by atoms with Crippen LogP contribution in [0.3, 0.4) is 0 Å². The van der Waals surface area contributed by atoms with Gasteiger partial charge in [0.25, 0.3) is 5.91 Å². The van der Waals surface area contributed by atoms with Crippen LogP contribution in [0.2, 0.25) is 0 Å². The third kappa shape index (κ3) is 5.00. The molecular formula is C21H23N3O2. The smallest absolute Gasteiger partial charge is 0.262 e. The van der Waals surface area contributed by atoms with E-state index in [1.54, 1.807) is 24.3 Å². The topological polar surface area (TPSA) is 74.1 Å². The second-order valence-electron chi connectivity index (χ2n) is 6.50. The number of hydrogen-bond acceptors (Lipinski definition) is 4. The summed E-state index contributed by atoms with van der Waals surface area (Å²) in [4.78, 5) is 12.2. The van der Waals surface area contributed by atoms with Gasteiger partial charge in [-0.2, -0.15) is 5.26 Å². The van der Waals surface area contributed by atoms with E-state index < -0.39 is 0 Å². The lowest BCUT2D eigenvalue weighted by molar-refractivity contribution is -0.118. The van der Waals surface area contributed by atoms with Crippen molar-refractivity contribution in [3.05, 3.63) is 54.1 Å². The average molecular weight is 349 g/mol. The molecule has 0 aliphatic heterocycles. The number of anilines is 2. The molecule has 0 aromatic heterocycles. The summed E-state index contributed by atoms with van der Waals surface area (Å²) in [6.45, 7) is -0.0797. The van der Waals surface area contributed by atoms with Gasteiger partial charge in [-0.25, -0.2) is 0 Å². The highest BCUT2D eigenvalue weighted by atomic mass is 16.5. The van der Waals surface area contributed by atoms with Crippen molar-refractivity contribution in [2.24, 2.45) is 0 Å². The van der Waals surface area contributed by atoms with Gasteiger partial charge in [-0.15, -0.1) is 0 Å². The number of carbonyl (C=O) groups is 1. The number of hydrogen-bond donors (Lipinski definition) is 2. The second kappa shape index (κ2) is 8.91. The van der Waals surface area contributed by atoms with Crippen LogP contribution >= 0.6 is 0 Å². The quantitative estimate of drug-likeness (QED) is 0.814. The van der Waals surface area contributed by atoms with Crippen molar-refractivity contribution in [2.45, 2.75) is 38.1 Å². The number of amides is 1. The van der Waals surface area contributed by atoms with Gasteiger partial charge in [0.05, 0.1) is 23.0 Å². The summed E-state index contributed by atoms with van der Waals surface area (Å²) in [5.74, 6) is 0.347. The maximum absolute atomic E-state index is 12.2. The second-order valence-corrected chi connectivity index (χ2v) is 6.50. The Bertz CT molecular complexity index is 775. The zero-order valence-corrected chi connectivity index (χ0v) is 14.7. The van der Waals surface area contributed by atoms with Crippen LogP contribution < -0.4 is 15.4 Å². The molecule has 1 amide bonds. The molecular weight excluding hydrogens is 326 g/mol. The minimum atomic E-state index is -0.216. The van der Waals surface area contributed by atoms with Gasteiger partial charge in [0.1, 0.15) is 5.75 Å². The molecule has 134 valence electrons. The van der Waals surface area contributed by atoms with Crippen LogP contribution in [-0.2, 0) is 4.79 Å². The van der Waals surface area contributed by atoms with E-state index in [1.807, 2.05) is 30.3 Å². The van der Waals surface area contributed by atoms with Crippen molar-refractivity contribution in [1.29, 1.82) is 5.26 Å². The molecule has 0 radical (unpaired) electrons. The Labute approximate surface area is 154 Å². The molecule has 2 N–H and O–H groups in total. The van der Waals surface area contributed by atoms with Crippen LogP contribution in [0.5, 0.6) is 5.75 Å². The summed E-state index contributed by atoms with van der Waals surface area (Å²) >= 11 is 0. The molecule has 0 atom stereocenters. The fraction of sp³-hybridized carbons (Fsp3) is 0.333. The van der Waals surface area contributed by atoms with Crippen molar-refractivity contribution in [3.63, 3.8) is 0 Å². The predicted octanol–water partition coefficient (Wildman–Crippen LogP) is 4.32. The number of ether oxygens (including phenoxy) is 1. The Hall–Kier alpha value is -3.00. The van der Waals surface area contributed by atoms with E-state index in [0.717, 1.165) is 11.4 Å². The number of para-hydroxylation sites is 2. The molecule has 26 heavy (non-hydrogen) atoms. The van der Waals surface area contributed by atoms with Gasteiger partial charge in [-0.05, 0) is 49.2 Å². The largest absolute Gasteiger partial charge is 0.484 e. The van der Waals surface area contributed by atoms with Gasteiger partial charge in [0.15, 0.2) is 6.61 Å².